The third kappa shape index (κ3) is 75.9. The molecule has 0 amide bonds. The summed E-state index contributed by atoms with van der Waals surface area (Å²) in [7, 11) is 1.20. The van der Waals surface area contributed by atoms with Crippen LogP contribution in [0, 0.1) is 0 Å². The molecule has 0 fully saturated rings. The lowest BCUT2D eigenvalue weighted by molar-refractivity contribution is -0.870. The van der Waals surface area contributed by atoms with E-state index in [0.29, 0.717) is 17.4 Å². The highest BCUT2D eigenvalue weighted by Crippen LogP contribution is 2.38. The minimum absolute atomic E-state index is 0.0247. The number of quaternary nitrogens is 1. The molecule has 0 radical (unpaired) electrons. The predicted octanol–water partition coefficient (Wildman–Crippen LogP) is 25.8. The van der Waals surface area contributed by atoms with Gasteiger partial charge in [-0.05, 0) is 12.8 Å². The van der Waals surface area contributed by atoms with Crippen molar-refractivity contribution < 1.29 is 42.1 Å². The number of esters is 2. The standard InChI is InChI=1S/C79H158NO8P/c1-6-8-10-12-14-16-18-20-22-24-26-28-30-32-34-35-36-37-38-39-40-41-42-43-44-45-46-48-50-52-54-56-58-60-62-64-66-68-70-72-79(82)88-77(76-87-89(83,84)86-74-73-80(3,4)5)75-85-78(81)71-69-67-65-63-61-59-57-55-53-51-49-47-33-31-29-27-25-23-21-19-17-15-13-11-9-7-2/h77H,6-76H2,1-5H3. The number of phosphoric acid groups is 1. The van der Waals surface area contributed by atoms with E-state index in [1.54, 1.807) is 0 Å². The Morgan fingerprint density at radius 3 is 0.719 bits per heavy atom. The Hall–Kier alpha value is -0.990. The fourth-order valence-corrected chi connectivity index (χ4v) is 13.5. The molecule has 0 spiro atoms. The number of unbranched alkanes of at least 4 members (excludes halogenated alkanes) is 63. The lowest BCUT2D eigenvalue weighted by Gasteiger charge is -2.28. The summed E-state index contributed by atoms with van der Waals surface area (Å²) in [6.45, 7) is 4.35. The largest absolute Gasteiger partial charge is 0.756 e. The predicted molar refractivity (Wildman–Crippen MR) is 384 cm³/mol. The van der Waals surface area contributed by atoms with Gasteiger partial charge in [0.2, 0.25) is 0 Å². The van der Waals surface area contributed by atoms with E-state index in [4.69, 9.17) is 18.5 Å². The van der Waals surface area contributed by atoms with Gasteiger partial charge in [-0.25, -0.2) is 0 Å². The van der Waals surface area contributed by atoms with Gasteiger partial charge >= 0.3 is 11.9 Å². The van der Waals surface area contributed by atoms with E-state index in [1.165, 1.54) is 379 Å². The van der Waals surface area contributed by atoms with Gasteiger partial charge in [0.05, 0.1) is 27.7 Å². The molecule has 0 aromatic carbocycles. The van der Waals surface area contributed by atoms with Crippen molar-refractivity contribution in [1.29, 1.82) is 0 Å². The normalized spacial score (nSPS) is 12.9. The molecule has 10 heteroatoms. The van der Waals surface area contributed by atoms with Crippen LogP contribution in [0.15, 0.2) is 0 Å². The Labute approximate surface area is 556 Å². The number of ether oxygens (including phenoxy) is 2. The Kier molecular flexibility index (Phi) is 70.5. The molecule has 89 heavy (non-hydrogen) atoms. The van der Waals surface area contributed by atoms with Gasteiger partial charge in [0.15, 0.2) is 6.10 Å². The van der Waals surface area contributed by atoms with E-state index in [2.05, 4.69) is 13.8 Å². The van der Waals surface area contributed by atoms with Gasteiger partial charge in [0.25, 0.3) is 7.82 Å². The number of hydrogen-bond acceptors (Lipinski definition) is 8. The summed E-state index contributed by atoms with van der Waals surface area (Å²) in [6.07, 6.45) is 88.2. The average molecular weight is 1280 g/mol. The van der Waals surface area contributed by atoms with Crippen molar-refractivity contribution in [3.8, 4) is 0 Å². The molecule has 0 aliphatic carbocycles. The van der Waals surface area contributed by atoms with Crippen molar-refractivity contribution in [3.63, 3.8) is 0 Å². The Balaban J connectivity index is 3.85. The molecule has 0 heterocycles. The van der Waals surface area contributed by atoms with Crippen LogP contribution in [-0.2, 0) is 32.7 Å². The van der Waals surface area contributed by atoms with Gasteiger partial charge in [-0.15, -0.1) is 0 Å². The van der Waals surface area contributed by atoms with E-state index in [1.807, 2.05) is 21.1 Å². The third-order valence-corrected chi connectivity index (χ3v) is 19.8. The molecule has 0 rings (SSSR count). The van der Waals surface area contributed by atoms with E-state index < -0.39 is 26.5 Å². The summed E-state index contributed by atoms with van der Waals surface area (Å²) in [5.41, 5.74) is 0. The lowest BCUT2D eigenvalue weighted by atomic mass is 10.0. The van der Waals surface area contributed by atoms with Crippen molar-refractivity contribution in [2.24, 2.45) is 0 Å². The topological polar surface area (TPSA) is 111 Å². The number of phosphoric ester groups is 1. The summed E-state index contributed by atoms with van der Waals surface area (Å²) in [5, 5.41) is 0. The molecule has 532 valence electrons. The van der Waals surface area contributed by atoms with Gasteiger partial charge in [0, 0.05) is 12.8 Å². The fourth-order valence-electron chi connectivity index (χ4n) is 12.7. The molecule has 0 aromatic rings. The molecule has 9 nitrogen and oxygen atoms in total. The van der Waals surface area contributed by atoms with Crippen LogP contribution in [0.5, 0.6) is 0 Å². The minimum Gasteiger partial charge on any atom is -0.756 e. The summed E-state index contributed by atoms with van der Waals surface area (Å²) >= 11 is 0. The SMILES string of the molecule is CCCCCCCCCCCCCCCCCCCCCCCCCCCCCCCCCCCCCCCCCC(=O)OC(COC(=O)CCCCCCCCCCCCCCCCCCCCCCCCCCCC)COP(=O)([O-])OCC[N+](C)(C)C. The highest BCUT2D eigenvalue weighted by Gasteiger charge is 2.22. The van der Waals surface area contributed by atoms with Gasteiger partial charge in [-0.1, -0.05) is 418 Å². The number of rotatable bonds is 77. The Morgan fingerprint density at radius 1 is 0.303 bits per heavy atom. The number of carbonyl (C=O) groups is 2. The van der Waals surface area contributed by atoms with Gasteiger partial charge in [-0.3, -0.25) is 14.2 Å². The molecule has 0 saturated carbocycles. The third-order valence-electron chi connectivity index (χ3n) is 18.9. The molecule has 0 bridgehead atoms. The van der Waals surface area contributed by atoms with E-state index in [9.17, 15) is 19.0 Å². The van der Waals surface area contributed by atoms with Crippen LogP contribution < -0.4 is 4.89 Å². The van der Waals surface area contributed by atoms with Crippen LogP contribution in [0.2, 0.25) is 0 Å². The molecule has 0 aliphatic rings. The van der Waals surface area contributed by atoms with E-state index in [-0.39, 0.29) is 32.0 Å². The minimum atomic E-state index is -4.64. The first-order valence-corrected chi connectivity index (χ1v) is 41.7. The summed E-state index contributed by atoms with van der Waals surface area (Å²) in [4.78, 5) is 38.1. The first-order valence-electron chi connectivity index (χ1n) is 40.2. The molecule has 0 aromatic heterocycles. The van der Waals surface area contributed by atoms with Crippen LogP contribution in [0.3, 0.4) is 0 Å². The van der Waals surface area contributed by atoms with Crippen LogP contribution >= 0.6 is 7.82 Å². The number of hydrogen-bond donors (Lipinski definition) is 0. The number of likely N-dealkylation sites (N-methyl/N-ethyl adjacent to an activating group) is 1. The second kappa shape index (κ2) is 71.3. The smallest absolute Gasteiger partial charge is 0.306 e. The van der Waals surface area contributed by atoms with Crippen molar-refractivity contribution in [1.82, 2.24) is 0 Å². The van der Waals surface area contributed by atoms with Gasteiger partial charge in [-0.2, -0.15) is 0 Å². The second-order valence-corrected chi connectivity index (χ2v) is 30.6. The maximum atomic E-state index is 12.9. The van der Waals surface area contributed by atoms with E-state index >= 15 is 0 Å². The quantitative estimate of drug-likeness (QED) is 0.0256. The first-order chi connectivity index (χ1) is 43.5. The van der Waals surface area contributed by atoms with Crippen LogP contribution in [-0.4, -0.2) is 70.0 Å². The van der Waals surface area contributed by atoms with Crippen molar-refractivity contribution in [2.45, 2.75) is 450 Å². The van der Waals surface area contributed by atoms with Gasteiger partial charge in [0.1, 0.15) is 19.8 Å². The lowest BCUT2D eigenvalue weighted by Crippen LogP contribution is -2.37. The first kappa shape index (κ1) is 88.0. The average Bonchev–Trinajstić information content (AvgIpc) is 3.60. The fraction of sp³-hybridized carbons (Fsp3) is 0.975. The molecular weight excluding hydrogens is 1120 g/mol. The van der Waals surface area contributed by atoms with Crippen LogP contribution in [0.4, 0.5) is 0 Å². The van der Waals surface area contributed by atoms with Crippen molar-refractivity contribution in [3.05, 3.63) is 0 Å². The monoisotopic (exact) mass is 1280 g/mol. The van der Waals surface area contributed by atoms with Crippen molar-refractivity contribution >= 4 is 19.8 Å². The zero-order chi connectivity index (χ0) is 64.8. The molecular formula is C79H158NO8P. The summed E-state index contributed by atoms with van der Waals surface area (Å²) < 4.78 is 34.4. The molecule has 2 atom stereocenters. The highest BCUT2D eigenvalue weighted by atomic mass is 31.2. The summed E-state index contributed by atoms with van der Waals surface area (Å²) in [6, 6.07) is 0. The van der Waals surface area contributed by atoms with Crippen molar-refractivity contribution in [2.75, 3.05) is 47.5 Å². The second-order valence-electron chi connectivity index (χ2n) is 29.2. The van der Waals surface area contributed by atoms with E-state index in [0.717, 1.165) is 32.1 Å². The zero-order valence-electron chi connectivity index (χ0n) is 60.9. The summed E-state index contributed by atoms with van der Waals surface area (Å²) in [5.74, 6) is -0.801. The maximum Gasteiger partial charge on any atom is 0.306 e. The Morgan fingerprint density at radius 2 is 0.506 bits per heavy atom. The highest BCUT2D eigenvalue weighted by molar-refractivity contribution is 7.45. The number of nitrogens with zero attached hydrogens (tertiary/aromatic N) is 1. The van der Waals surface area contributed by atoms with Crippen LogP contribution in [0.1, 0.15) is 444 Å². The maximum absolute atomic E-state index is 12.9. The molecule has 0 N–H and O–H groups in total. The molecule has 0 aliphatic heterocycles. The Bertz CT molecular complexity index is 1460. The number of carbonyl (C=O) groups excluding carboxylic acids is 2. The molecule has 0 saturated heterocycles. The van der Waals surface area contributed by atoms with Gasteiger partial charge < -0.3 is 27.9 Å². The molecule has 2 unspecified atom stereocenters. The zero-order valence-corrected chi connectivity index (χ0v) is 61.8. The van der Waals surface area contributed by atoms with Crippen LogP contribution in [0.25, 0.3) is 0 Å².